The van der Waals surface area contributed by atoms with E-state index in [2.05, 4.69) is 10.3 Å². The van der Waals surface area contributed by atoms with Gasteiger partial charge in [0.1, 0.15) is 23.2 Å². The van der Waals surface area contributed by atoms with Gasteiger partial charge in [-0.05, 0) is 41.5 Å². The van der Waals surface area contributed by atoms with Crippen LogP contribution in [-0.2, 0) is 31.5 Å². The van der Waals surface area contributed by atoms with Crippen molar-refractivity contribution in [1.82, 2.24) is 10.3 Å². The molecule has 41 heavy (non-hydrogen) atoms. The normalized spacial score (nSPS) is 12.0. The second-order valence-electron chi connectivity index (χ2n) is 9.24. The van der Waals surface area contributed by atoms with E-state index in [9.17, 15) is 26.8 Å². The Morgan fingerprint density at radius 1 is 1.10 bits per heavy atom. The van der Waals surface area contributed by atoms with Gasteiger partial charge >= 0.3 is 5.97 Å². The molecular formula is C29H22ClF2N3O5S. The molecule has 1 N–H and O–H groups in total. The predicted molar refractivity (Wildman–Crippen MR) is 149 cm³/mol. The van der Waals surface area contributed by atoms with Crippen LogP contribution in [0.2, 0.25) is 5.02 Å². The molecule has 0 aliphatic carbocycles. The number of pyridine rings is 1. The van der Waals surface area contributed by atoms with Crippen LogP contribution in [0.25, 0.3) is 22.0 Å². The predicted octanol–water partition coefficient (Wildman–Crippen LogP) is 4.76. The number of amides is 1. The Bertz CT molecular complexity index is 1820. The number of sulfone groups is 1. The molecule has 1 heterocycles. The maximum Gasteiger partial charge on any atom is 0.328 e. The Morgan fingerprint density at radius 2 is 1.78 bits per heavy atom. The monoisotopic (exact) mass is 597 g/mol. The van der Waals surface area contributed by atoms with E-state index in [-0.39, 0.29) is 12.0 Å². The zero-order valence-electron chi connectivity index (χ0n) is 21.7. The van der Waals surface area contributed by atoms with Crippen LogP contribution in [0.4, 0.5) is 8.78 Å². The van der Waals surface area contributed by atoms with E-state index in [4.69, 9.17) is 21.6 Å². The Hall–Kier alpha value is -4.40. The lowest BCUT2D eigenvalue weighted by atomic mass is 9.94. The Labute approximate surface area is 239 Å². The molecule has 0 unspecified atom stereocenters. The summed E-state index contributed by atoms with van der Waals surface area (Å²) >= 11 is 6.43. The molecule has 0 aliphatic heterocycles. The summed E-state index contributed by atoms with van der Waals surface area (Å²) in [6.07, 6.45) is 2.37. The van der Waals surface area contributed by atoms with E-state index in [1.54, 1.807) is 42.6 Å². The molecule has 1 aromatic heterocycles. The molecule has 0 bridgehead atoms. The average molecular weight is 598 g/mol. The summed E-state index contributed by atoms with van der Waals surface area (Å²) in [5, 5.41) is 12.4. The van der Waals surface area contributed by atoms with Crippen molar-refractivity contribution >= 4 is 44.2 Å². The number of nitriles is 1. The number of halogens is 3. The molecule has 0 saturated heterocycles. The number of rotatable bonds is 8. The number of benzene rings is 3. The van der Waals surface area contributed by atoms with Crippen LogP contribution in [0, 0.1) is 23.0 Å². The first kappa shape index (κ1) is 29.6. The minimum Gasteiger partial charge on any atom is -0.467 e. The van der Waals surface area contributed by atoms with Crippen molar-refractivity contribution in [3.05, 3.63) is 99.7 Å². The molecule has 1 amide bonds. The number of hydrogen-bond acceptors (Lipinski definition) is 7. The standard InChI is InChI=1S/C29H22ClF2N3O5S/c1-40-29(37)25(35-28(36)26-23(31)11-17(12-24(26)32)15-41(2,38)39)13-18-6-8-21(27-19(18)4-3-9-34-27)20-7-5-16(14-33)10-22(20)30/h3-12,25H,13,15H2,1-2H3,(H,35,36)/t25-/m0/s1. The fourth-order valence-electron chi connectivity index (χ4n) is 4.44. The number of carbonyl (C=O) groups excluding carboxylic acids is 2. The van der Waals surface area contributed by atoms with E-state index in [0.717, 1.165) is 25.5 Å². The second-order valence-corrected chi connectivity index (χ2v) is 11.8. The lowest BCUT2D eigenvalue weighted by molar-refractivity contribution is -0.142. The number of nitrogens with zero attached hydrogens (tertiary/aromatic N) is 2. The number of methoxy groups -OCH3 is 1. The molecule has 4 aromatic rings. The van der Waals surface area contributed by atoms with Crippen molar-refractivity contribution in [3.8, 4) is 17.2 Å². The topological polar surface area (TPSA) is 126 Å². The van der Waals surface area contributed by atoms with E-state index < -0.39 is 50.7 Å². The minimum atomic E-state index is -3.58. The Balaban J connectivity index is 1.68. The molecule has 1 atom stereocenters. The number of fused-ring (bicyclic) bond motifs is 1. The maximum absolute atomic E-state index is 14.7. The van der Waals surface area contributed by atoms with Gasteiger partial charge in [0.05, 0.1) is 30.0 Å². The molecule has 0 fully saturated rings. The van der Waals surface area contributed by atoms with Crippen molar-refractivity contribution in [2.45, 2.75) is 18.2 Å². The van der Waals surface area contributed by atoms with Gasteiger partial charge in [0, 0.05) is 40.4 Å². The molecule has 0 radical (unpaired) electrons. The van der Waals surface area contributed by atoms with E-state index in [0.29, 0.717) is 38.2 Å². The molecular weight excluding hydrogens is 576 g/mol. The van der Waals surface area contributed by atoms with E-state index >= 15 is 0 Å². The summed E-state index contributed by atoms with van der Waals surface area (Å²) in [6.45, 7) is 0. The van der Waals surface area contributed by atoms with Gasteiger partial charge in [-0.2, -0.15) is 5.26 Å². The van der Waals surface area contributed by atoms with Crippen molar-refractivity contribution in [1.29, 1.82) is 5.26 Å². The third kappa shape index (κ3) is 6.67. The van der Waals surface area contributed by atoms with Gasteiger partial charge in [0.15, 0.2) is 9.84 Å². The largest absolute Gasteiger partial charge is 0.467 e. The van der Waals surface area contributed by atoms with Gasteiger partial charge in [0.2, 0.25) is 0 Å². The van der Waals surface area contributed by atoms with Gasteiger partial charge in [0.25, 0.3) is 5.91 Å². The first-order chi connectivity index (χ1) is 19.4. The summed E-state index contributed by atoms with van der Waals surface area (Å²) in [5.41, 5.74) is 1.66. The fourth-order valence-corrected chi connectivity index (χ4v) is 5.50. The van der Waals surface area contributed by atoms with Crippen molar-refractivity contribution in [2.24, 2.45) is 0 Å². The maximum atomic E-state index is 14.7. The highest BCUT2D eigenvalue weighted by Crippen LogP contribution is 2.35. The first-order valence-corrected chi connectivity index (χ1v) is 14.5. The van der Waals surface area contributed by atoms with Crippen LogP contribution in [0.3, 0.4) is 0 Å². The van der Waals surface area contributed by atoms with E-state index in [1.165, 1.54) is 6.07 Å². The average Bonchev–Trinajstić information content (AvgIpc) is 2.91. The SMILES string of the molecule is COC(=O)[C@H](Cc1ccc(-c2ccc(C#N)cc2Cl)c2ncccc12)NC(=O)c1c(F)cc(CS(C)(=O)=O)cc1F. The number of carbonyl (C=O) groups is 2. The lowest BCUT2D eigenvalue weighted by Crippen LogP contribution is -2.43. The second kappa shape index (κ2) is 12.0. The van der Waals surface area contributed by atoms with E-state index in [1.807, 2.05) is 6.07 Å². The molecule has 0 aliphatic rings. The number of aromatic nitrogens is 1. The van der Waals surface area contributed by atoms with Crippen molar-refractivity contribution in [2.75, 3.05) is 13.4 Å². The molecule has 0 spiro atoms. The van der Waals surface area contributed by atoms with Crippen LogP contribution in [0.1, 0.15) is 27.0 Å². The summed E-state index contributed by atoms with van der Waals surface area (Å²) < 4.78 is 57.3. The number of hydrogen-bond donors (Lipinski definition) is 1. The first-order valence-electron chi connectivity index (χ1n) is 12.0. The summed E-state index contributed by atoms with van der Waals surface area (Å²) in [6, 6.07) is 14.0. The van der Waals surface area contributed by atoms with Crippen LogP contribution >= 0.6 is 11.6 Å². The van der Waals surface area contributed by atoms with Crippen LogP contribution in [-0.4, -0.2) is 44.7 Å². The van der Waals surface area contributed by atoms with Gasteiger partial charge < -0.3 is 10.1 Å². The van der Waals surface area contributed by atoms with Gasteiger partial charge in [-0.3, -0.25) is 9.78 Å². The number of nitrogens with one attached hydrogen (secondary N) is 1. The smallest absolute Gasteiger partial charge is 0.328 e. The fraction of sp³-hybridized carbons (Fsp3) is 0.172. The number of ether oxygens (including phenoxy) is 1. The third-order valence-corrected chi connectivity index (χ3v) is 7.39. The molecule has 4 rings (SSSR count). The minimum absolute atomic E-state index is 0.114. The highest BCUT2D eigenvalue weighted by atomic mass is 35.5. The molecule has 8 nitrogen and oxygen atoms in total. The zero-order chi connectivity index (χ0) is 29.9. The molecule has 210 valence electrons. The summed E-state index contributed by atoms with van der Waals surface area (Å²) in [7, 11) is -2.47. The quantitative estimate of drug-likeness (QED) is 0.290. The van der Waals surface area contributed by atoms with Crippen LogP contribution in [0.15, 0.2) is 60.8 Å². The van der Waals surface area contributed by atoms with Crippen LogP contribution < -0.4 is 5.32 Å². The van der Waals surface area contributed by atoms with Crippen molar-refractivity contribution < 1.29 is 31.5 Å². The Kier molecular flexibility index (Phi) is 8.66. The molecule has 0 saturated carbocycles. The lowest BCUT2D eigenvalue weighted by Gasteiger charge is -2.19. The highest BCUT2D eigenvalue weighted by molar-refractivity contribution is 7.89. The van der Waals surface area contributed by atoms with Crippen molar-refractivity contribution in [3.63, 3.8) is 0 Å². The summed E-state index contributed by atoms with van der Waals surface area (Å²) in [4.78, 5) is 30.0. The summed E-state index contributed by atoms with van der Waals surface area (Å²) in [5.74, 6) is -5.24. The van der Waals surface area contributed by atoms with Gasteiger partial charge in [-0.15, -0.1) is 0 Å². The third-order valence-electron chi connectivity index (χ3n) is 6.22. The molecule has 3 aromatic carbocycles. The Morgan fingerprint density at radius 3 is 2.39 bits per heavy atom. The number of esters is 1. The van der Waals surface area contributed by atoms with Crippen LogP contribution in [0.5, 0.6) is 0 Å². The zero-order valence-corrected chi connectivity index (χ0v) is 23.3. The van der Waals surface area contributed by atoms with Gasteiger partial charge in [-0.25, -0.2) is 22.0 Å². The molecule has 12 heteroatoms. The highest BCUT2D eigenvalue weighted by Gasteiger charge is 2.27. The van der Waals surface area contributed by atoms with Gasteiger partial charge in [-0.1, -0.05) is 35.9 Å².